The van der Waals surface area contributed by atoms with E-state index in [1.807, 2.05) is 73.8 Å². The highest BCUT2D eigenvalue weighted by atomic mass is 16.5. The van der Waals surface area contributed by atoms with Crippen LogP contribution < -0.4 is 14.8 Å². The molecule has 170 valence electrons. The third-order valence-corrected chi connectivity index (χ3v) is 5.43. The van der Waals surface area contributed by atoms with Gasteiger partial charge in [-0.05, 0) is 55.3 Å². The van der Waals surface area contributed by atoms with E-state index in [9.17, 15) is 4.79 Å². The molecule has 0 aliphatic rings. The van der Waals surface area contributed by atoms with Crippen molar-refractivity contribution in [1.29, 1.82) is 0 Å². The molecule has 0 bridgehead atoms. The summed E-state index contributed by atoms with van der Waals surface area (Å²) in [5.74, 6) is 1.87. The van der Waals surface area contributed by atoms with E-state index in [1.165, 1.54) is 0 Å². The number of carbonyl (C=O) groups is 1. The number of rotatable bonds is 9. The Balaban J connectivity index is 1.64. The minimum atomic E-state index is -0.235. The summed E-state index contributed by atoms with van der Waals surface area (Å²) in [5, 5.41) is 7.70. The van der Waals surface area contributed by atoms with Gasteiger partial charge in [0.25, 0.3) is 5.91 Å². The molecule has 0 radical (unpaired) electrons. The van der Waals surface area contributed by atoms with Gasteiger partial charge in [-0.2, -0.15) is 5.10 Å². The van der Waals surface area contributed by atoms with Gasteiger partial charge in [-0.1, -0.05) is 24.3 Å². The number of ether oxygens (including phenoxy) is 2. The van der Waals surface area contributed by atoms with E-state index >= 15 is 0 Å². The Bertz CT molecular complexity index is 1200. The van der Waals surface area contributed by atoms with E-state index < -0.39 is 0 Å². The quantitative estimate of drug-likeness (QED) is 0.396. The topological polar surface area (TPSA) is 78.5 Å². The van der Waals surface area contributed by atoms with Gasteiger partial charge in [-0.15, -0.1) is 0 Å². The van der Waals surface area contributed by atoms with Gasteiger partial charge in [0.15, 0.2) is 17.2 Å². The molecular weight excluding hydrogens is 418 g/mol. The Morgan fingerprint density at radius 2 is 1.85 bits per heavy atom. The van der Waals surface area contributed by atoms with Crippen LogP contribution in [0.3, 0.4) is 0 Å². The molecule has 0 fully saturated rings. The summed E-state index contributed by atoms with van der Waals surface area (Å²) in [6.45, 7) is 1.98. The van der Waals surface area contributed by atoms with Crippen molar-refractivity contribution < 1.29 is 18.7 Å². The lowest BCUT2D eigenvalue weighted by atomic mass is 10.0. The molecular formula is C26H27N3O4. The lowest BCUT2D eigenvalue weighted by Gasteiger charge is -2.13. The predicted octanol–water partition coefficient (Wildman–Crippen LogP) is 4.90. The summed E-state index contributed by atoms with van der Waals surface area (Å²) in [7, 11) is 3.18. The molecule has 2 aromatic carbocycles. The number of aryl methyl sites for hydroxylation is 1. The second-order valence-electron chi connectivity index (χ2n) is 7.73. The first-order chi connectivity index (χ1) is 16.1. The third-order valence-electron chi connectivity index (χ3n) is 5.43. The number of aromatic nitrogens is 2. The molecule has 1 atom stereocenters. The third kappa shape index (κ3) is 5.09. The summed E-state index contributed by atoms with van der Waals surface area (Å²) in [4.78, 5) is 13.3. The molecule has 2 heterocycles. The lowest BCUT2D eigenvalue weighted by Crippen LogP contribution is -2.33. The Kier molecular flexibility index (Phi) is 6.78. The van der Waals surface area contributed by atoms with E-state index in [0.717, 1.165) is 29.9 Å². The average Bonchev–Trinajstić information content (AvgIpc) is 3.53. The van der Waals surface area contributed by atoms with Crippen molar-refractivity contribution in [3.63, 3.8) is 0 Å². The molecule has 0 aliphatic heterocycles. The zero-order valence-electron chi connectivity index (χ0n) is 18.9. The largest absolute Gasteiger partial charge is 0.493 e. The maximum atomic E-state index is 13.3. The molecule has 0 saturated heterocycles. The van der Waals surface area contributed by atoms with Crippen LogP contribution in [0.2, 0.25) is 0 Å². The predicted molar refractivity (Wildman–Crippen MR) is 126 cm³/mol. The summed E-state index contributed by atoms with van der Waals surface area (Å²) in [5.41, 5.74) is 2.72. The molecule has 0 spiro atoms. The fourth-order valence-corrected chi connectivity index (χ4v) is 3.65. The second kappa shape index (κ2) is 10.1. The number of methoxy groups -OCH3 is 2. The highest BCUT2D eigenvalue weighted by Crippen LogP contribution is 2.34. The highest BCUT2D eigenvalue weighted by Gasteiger charge is 2.21. The van der Waals surface area contributed by atoms with Crippen LogP contribution in [0.4, 0.5) is 0 Å². The van der Waals surface area contributed by atoms with Crippen molar-refractivity contribution in [2.24, 2.45) is 0 Å². The monoisotopic (exact) mass is 445 g/mol. The van der Waals surface area contributed by atoms with Gasteiger partial charge in [-0.25, -0.2) is 4.68 Å². The summed E-state index contributed by atoms with van der Waals surface area (Å²) < 4.78 is 17.9. The number of nitrogens with one attached hydrogen (secondary N) is 1. The van der Waals surface area contributed by atoms with Crippen molar-refractivity contribution >= 4 is 5.91 Å². The smallest absolute Gasteiger partial charge is 0.272 e. The van der Waals surface area contributed by atoms with Gasteiger partial charge in [-0.3, -0.25) is 4.79 Å². The van der Waals surface area contributed by atoms with Gasteiger partial charge in [0, 0.05) is 24.2 Å². The van der Waals surface area contributed by atoms with Crippen LogP contribution in [-0.4, -0.2) is 35.9 Å². The zero-order chi connectivity index (χ0) is 23.2. The van der Waals surface area contributed by atoms with Crippen molar-refractivity contribution in [3.05, 3.63) is 84.6 Å². The first-order valence-electron chi connectivity index (χ1n) is 10.8. The van der Waals surface area contributed by atoms with Crippen molar-refractivity contribution in [1.82, 2.24) is 15.1 Å². The Morgan fingerprint density at radius 1 is 1.06 bits per heavy atom. The van der Waals surface area contributed by atoms with Crippen LogP contribution in [0.15, 0.2) is 77.5 Å². The molecule has 7 heteroatoms. The van der Waals surface area contributed by atoms with E-state index in [1.54, 1.807) is 25.2 Å². The Hall–Kier alpha value is -4.00. The van der Waals surface area contributed by atoms with Crippen LogP contribution in [-0.2, 0) is 6.42 Å². The van der Waals surface area contributed by atoms with Crippen molar-refractivity contribution in [2.45, 2.75) is 25.8 Å². The molecule has 0 saturated carbocycles. The fourth-order valence-electron chi connectivity index (χ4n) is 3.65. The van der Waals surface area contributed by atoms with E-state index in [2.05, 4.69) is 10.4 Å². The number of carbonyl (C=O) groups excluding carboxylic acids is 1. The van der Waals surface area contributed by atoms with Gasteiger partial charge in [0.1, 0.15) is 5.76 Å². The average molecular weight is 446 g/mol. The van der Waals surface area contributed by atoms with Crippen molar-refractivity contribution in [2.75, 3.05) is 14.2 Å². The number of amides is 1. The molecule has 4 aromatic rings. The first-order valence-corrected chi connectivity index (χ1v) is 10.8. The van der Waals surface area contributed by atoms with Crippen molar-refractivity contribution in [3.8, 4) is 28.3 Å². The molecule has 1 amide bonds. The molecule has 2 aromatic heterocycles. The van der Waals surface area contributed by atoms with E-state index in [-0.39, 0.29) is 11.9 Å². The SMILES string of the molecule is COc1ccc(-c2cn(-c3ccccc3)nc2C(=O)NC(C)CCc2ccco2)cc1OC. The number of benzene rings is 2. The summed E-state index contributed by atoms with van der Waals surface area (Å²) in [6, 6.07) is 19.0. The van der Waals surface area contributed by atoms with Crippen LogP contribution in [0.5, 0.6) is 11.5 Å². The van der Waals surface area contributed by atoms with Gasteiger partial charge < -0.3 is 19.2 Å². The highest BCUT2D eigenvalue weighted by molar-refractivity contribution is 5.99. The number of hydrogen-bond donors (Lipinski definition) is 1. The molecule has 1 N–H and O–H groups in total. The molecule has 33 heavy (non-hydrogen) atoms. The molecule has 1 unspecified atom stereocenters. The minimum absolute atomic E-state index is 0.0530. The van der Waals surface area contributed by atoms with Crippen LogP contribution in [0.25, 0.3) is 16.8 Å². The molecule has 7 nitrogen and oxygen atoms in total. The number of nitrogens with zero attached hydrogens (tertiary/aromatic N) is 2. The summed E-state index contributed by atoms with van der Waals surface area (Å²) >= 11 is 0. The van der Waals surface area contributed by atoms with Crippen LogP contribution in [0.1, 0.15) is 29.6 Å². The first kappa shape index (κ1) is 22.2. The maximum absolute atomic E-state index is 13.3. The number of hydrogen-bond acceptors (Lipinski definition) is 5. The zero-order valence-corrected chi connectivity index (χ0v) is 18.9. The van der Waals surface area contributed by atoms with Crippen LogP contribution in [0, 0.1) is 0 Å². The minimum Gasteiger partial charge on any atom is -0.493 e. The molecule has 4 rings (SSSR count). The Morgan fingerprint density at radius 3 is 2.55 bits per heavy atom. The second-order valence-corrected chi connectivity index (χ2v) is 7.73. The van der Waals surface area contributed by atoms with Crippen LogP contribution >= 0.6 is 0 Å². The Labute approximate surface area is 192 Å². The number of para-hydroxylation sites is 1. The summed E-state index contributed by atoms with van der Waals surface area (Å²) in [6.07, 6.45) is 5.02. The van der Waals surface area contributed by atoms with Gasteiger partial charge in [0.05, 0.1) is 26.2 Å². The normalized spacial score (nSPS) is 11.7. The van der Waals surface area contributed by atoms with Gasteiger partial charge in [0.2, 0.25) is 0 Å². The maximum Gasteiger partial charge on any atom is 0.272 e. The fraction of sp³-hybridized carbons (Fsp3) is 0.231. The van der Waals surface area contributed by atoms with E-state index in [4.69, 9.17) is 13.9 Å². The number of furan rings is 1. The van der Waals surface area contributed by atoms with Gasteiger partial charge >= 0.3 is 0 Å². The van der Waals surface area contributed by atoms with E-state index in [0.29, 0.717) is 22.8 Å². The lowest BCUT2D eigenvalue weighted by molar-refractivity contribution is 0.0933. The molecule has 0 aliphatic carbocycles. The standard InChI is InChI=1S/C26H27N3O4/c1-18(11-13-21-10-7-15-33-21)27-26(30)25-22(17-29(28-25)20-8-5-4-6-9-20)19-12-14-23(31-2)24(16-19)32-3/h4-10,12,14-18H,11,13H2,1-3H3,(H,27,30).